The number of benzene rings is 2. The van der Waals surface area contributed by atoms with Crippen LogP contribution in [0.4, 0.5) is 5.13 Å². The number of methoxy groups -OCH3 is 2. The number of halogens is 1. The molecule has 3 rings (SSSR count). The summed E-state index contributed by atoms with van der Waals surface area (Å²) in [5.74, 6) is 1.98. The highest BCUT2D eigenvalue weighted by Gasteiger charge is 2.11. The lowest BCUT2D eigenvalue weighted by Gasteiger charge is -2.09. The Morgan fingerprint density at radius 2 is 1.87 bits per heavy atom. The third-order valence-electron chi connectivity index (χ3n) is 4.32. The zero-order chi connectivity index (χ0) is 21.5. The zero-order valence-electron chi connectivity index (χ0n) is 17.0. The van der Waals surface area contributed by atoms with Gasteiger partial charge in [0.2, 0.25) is 5.91 Å². The smallest absolute Gasteiger partial charge is 0.226 e. The summed E-state index contributed by atoms with van der Waals surface area (Å²) in [5, 5.41) is 5.31. The summed E-state index contributed by atoms with van der Waals surface area (Å²) in [7, 11) is 3.19. The molecule has 8 heteroatoms. The van der Waals surface area contributed by atoms with Crippen LogP contribution in [0.1, 0.15) is 18.4 Å². The number of ether oxygens (including phenoxy) is 3. The Hall–Kier alpha value is -2.58. The second-order valence-electron chi connectivity index (χ2n) is 6.54. The molecule has 0 atom stereocenters. The number of rotatable bonds is 9. The van der Waals surface area contributed by atoms with E-state index in [1.54, 1.807) is 14.2 Å². The van der Waals surface area contributed by atoms with Gasteiger partial charge in [-0.2, -0.15) is 0 Å². The predicted molar refractivity (Wildman–Crippen MR) is 123 cm³/mol. The van der Waals surface area contributed by atoms with Gasteiger partial charge in [-0.15, -0.1) is 11.3 Å². The summed E-state index contributed by atoms with van der Waals surface area (Å²) in [5.41, 5.74) is 2.81. The average Bonchev–Trinajstić information content (AvgIpc) is 3.20. The van der Waals surface area contributed by atoms with E-state index in [0.29, 0.717) is 36.1 Å². The number of carbonyl (C=O) groups excluding carboxylic acids is 1. The van der Waals surface area contributed by atoms with Crippen LogP contribution in [0.5, 0.6) is 17.2 Å². The Balaban J connectivity index is 1.50. The molecular formula is C22H23BrN2O4S. The Morgan fingerprint density at radius 3 is 2.60 bits per heavy atom. The van der Waals surface area contributed by atoms with E-state index in [-0.39, 0.29) is 5.91 Å². The minimum absolute atomic E-state index is 0.0882. The molecule has 0 unspecified atom stereocenters. The van der Waals surface area contributed by atoms with E-state index in [4.69, 9.17) is 14.2 Å². The van der Waals surface area contributed by atoms with Gasteiger partial charge in [0.05, 0.1) is 31.0 Å². The lowest BCUT2D eigenvalue weighted by Crippen LogP contribution is -2.12. The number of hydrogen-bond donors (Lipinski definition) is 1. The molecule has 0 bridgehead atoms. The SMILES string of the molecule is COc1ccc(-c2csc(NC(=O)CCCOc3ccc(C)cc3Br)n2)cc1OC. The molecule has 0 spiro atoms. The van der Waals surface area contributed by atoms with Crippen molar-refractivity contribution in [2.45, 2.75) is 19.8 Å². The monoisotopic (exact) mass is 490 g/mol. The van der Waals surface area contributed by atoms with Crippen molar-refractivity contribution in [1.82, 2.24) is 4.98 Å². The molecule has 2 aromatic carbocycles. The van der Waals surface area contributed by atoms with Crippen molar-refractivity contribution in [2.24, 2.45) is 0 Å². The van der Waals surface area contributed by atoms with E-state index in [1.807, 2.05) is 48.7 Å². The van der Waals surface area contributed by atoms with Crippen LogP contribution in [0.25, 0.3) is 11.3 Å². The first-order valence-corrected chi connectivity index (χ1v) is 11.0. The maximum Gasteiger partial charge on any atom is 0.226 e. The van der Waals surface area contributed by atoms with Crippen molar-refractivity contribution >= 4 is 38.3 Å². The number of aromatic nitrogens is 1. The molecule has 30 heavy (non-hydrogen) atoms. The van der Waals surface area contributed by atoms with Crippen LogP contribution >= 0.6 is 27.3 Å². The van der Waals surface area contributed by atoms with Crippen molar-refractivity contribution in [3.63, 3.8) is 0 Å². The van der Waals surface area contributed by atoms with Crippen LogP contribution in [0.3, 0.4) is 0 Å². The molecule has 158 valence electrons. The lowest BCUT2D eigenvalue weighted by atomic mass is 10.1. The third-order valence-corrected chi connectivity index (χ3v) is 5.70. The number of amides is 1. The molecule has 1 N–H and O–H groups in total. The molecule has 0 saturated carbocycles. The van der Waals surface area contributed by atoms with E-state index in [1.165, 1.54) is 11.3 Å². The number of nitrogens with one attached hydrogen (secondary N) is 1. The van der Waals surface area contributed by atoms with E-state index in [0.717, 1.165) is 27.0 Å². The number of carbonyl (C=O) groups is 1. The van der Waals surface area contributed by atoms with Gasteiger partial charge in [-0.3, -0.25) is 4.79 Å². The Kier molecular flexibility index (Phi) is 7.70. The standard InChI is InChI=1S/C22H23BrN2O4S/c1-14-6-8-18(16(23)11-14)29-10-4-5-21(26)25-22-24-17(13-30-22)15-7-9-19(27-2)20(12-15)28-3/h6-9,11-13H,4-5,10H2,1-3H3,(H,24,25,26). The van der Waals surface area contributed by atoms with Gasteiger partial charge in [-0.05, 0) is 65.2 Å². The average molecular weight is 491 g/mol. The van der Waals surface area contributed by atoms with Gasteiger partial charge in [-0.1, -0.05) is 6.07 Å². The van der Waals surface area contributed by atoms with Crippen molar-refractivity contribution in [1.29, 1.82) is 0 Å². The second-order valence-corrected chi connectivity index (χ2v) is 8.25. The molecule has 3 aromatic rings. The summed E-state index contributed by atoms with van der Waals surface area (Å²) in [4.78, 5) is 16.7. The van der Waals surface area contributed by atoms with Crippen molar-refractivity contribution < 1.29 is 19.0 Å². The van der Waals surface area contributed by atoms with Gasteiger partial charge in [-0.25, -0.2) is 4.98 Å². The summed E-state index contributed by atoms with van der Waals surface area (Å²) in [6.07, 6.45) is 0.967. The van der Waals surface area contributed by atoms with Gasteiger partial charge >= 0.3 is 0 Å². The van der Waals surface area contributed by atoms with Crippen molar-refractivity contribution in [3.8, 4) is 28.5 Å². The summed E-state index contributed by atoms with van der Waals surface area (Å²) >= 11 is 4.87. The minimum atomic E-state index is -0.0882. The van der Waals surface area contributed by atoms with Gasteiger partial charge < -0.3 is 19.5 Å². The number of anilines is 1. The van der Waals surface area contributed by atoms with Crippen LogP contribution in [-0.2, 0) is 4.79 Å². The Labute approximate surface area is 188 Å². The van der Waals surface area contributed by atoms with Gasteiger partial charge in [0.1, 0.15) is 5.75 Å². The molecule has 0 radical (unpaired) electrons. The molecule has 1 aromatic heterocycles. The molecule has 0 saturated heterocycles. The van der Waals surface area contributed by atoms with E-state index in [9.17, 15) is 4.79 Å². The quantitative estimate of drug-likeness (QED) is 0.389. The van der Waals surface area contributed by atoms with Gasteiger partial charge in [0, 0.05) is 17.4 Å². The van der Waals surface area contributed by atoms with E-state index < -0.39 is 0 Å². The second kappa shape index (κ2) is 10.4. The predicted octanol–water partition coefficient (Wildman–Crippen LogP) is 5.70. The maximum atomic E-state index is 12.2. The maximum absolute atomic E-state index is 12.2. The van der Waals surface area contributed by atoms with Gasteiger partial charge in [0.25, 0.3) is 0 Å². The van der Waals surface area contributed by atoms with Crippen LogP contribution in [0.2, 0.25) is 0 Å². The first-order chi connectivity index (χ1) is 14.5. The van der Waals surface area contributed by atoms with E-state index in [2.05, 4.69) is 26.2 Å². The van der Waals surface area contributed by atoms with Crippen LogP contribution in [0.15, 0.2) is 46.3 Å². The summed E-state index contributed by atoms with van der Waals surface area (Å²) < 4.78 is 17.2. The number of hydrogen-bond acceptors (Lipinski definition) is 6. The van der Waals surface area contributed by atoms with Gasteiger partial charge in [0.15, 0.2) is 16.6 Å². The highest BCUT2D eigenvalue weighted by Crippen LogP contribution is 2.33. The molecule has 0 fully saturated rings. The molecule has 0 aliphatic carbocycles. The summed E-state index contributed by atoms with van der Waals surface area (Å²) in [6, 6.07) is 11.5. The van der Waals surface area contributed by atoms with E-state index >= 15 is 0 Å². The molecule has 6 nitrogen and oxygen atoms in total. The molecule has 1 amide bonds. The van der Waals surface area contributed by atoms with Crippen LogP contribution < -0.4 is 19.5 Å². The first-order valence-electron chi connectivity index (χ1n) is 9.37. The Bertz CT molecular complexity index is 1020. The largest absolute Gasteiger partial charge is 0.493 e. The highest BCUT2D eigenvalue weighted by molar-refractivity contribution is 9.10. The molecule has 0 aliphatic rings. The molecule has 0 aliphatic heterocycles. The molecular weight excluding hydrogens is 468 g/mol. The van der Waals surface area contributed by atoms with Crippen molar-refractivity contribution in [3.05, 3.63) is 51.8 Å². The lowest BCUT2D eigenvalue weighted by molar-refractivity contribution is -0.116. The number of aryl methyl sites for hydroxylation is 1. The highest BCUT2D eigenvalue weighted by atomic mass is 79.9. The van der Waals surface area contributed by atoms with Crippen LogP contribution in [-0.4, -0.2) is 31.7 Å². The third kappa shape index (κ3) is 5.73. The normalized spacial score (nSPS) is 10.5. The number of nitrogens with zero attached hydrogens (tertiary/aromatic N) is 1. The molecule has 1 heterocycles. The fourth-order valence-electron chi connectivity index (χ4n) is 2.78. The topological polar surface area (TPSA) is 69.7 Å². The first kappa shape index (κ1) is 22.1. The minimum Gasteiger partial charge on any atom is -0.493 e. The summed E-state index contributed by atoms with van der Waals surface area (Å²) in [6.45, 7) is 2.48. The fourth-order valence-corrected chi connectivity index (χ4v) is 4.12. The zero-order valence-corrected chi connectivity index (χ0v) is 19.4. The Morgan fingerprint density at radius 1 is 1.10 bits per heavy atom. The number of thiazole rings is 1. The van der Waals surface area contributed by atoms with Crippen LogP contribution in [0, 0.1) is 6.92 Å². The fraction of sp³-hybridized carbons (Fsp3) is 0.273. The van der Waals surface area contributed by atoms with Crippen molar-refractivity contribution in [2.75, 3.05) is 26.1 Å².